The van der Waals surface area contributed by atoms with Crippen LogP contribution in [0.4, 0.5) is 0 Å². The molecule has 4 heteroatoms. The van der Waals surface area contributed by atoms with Crippen LogP contribution in [-0.2, 0) is 4.74 Å². The molecule has 0 aliphatic carbocycles. The third-order valence-corrected chi connectivity index (χ3v) is 3.55. The van der Waals surface area contributed by atoms with Crippen molar-refractivity contribution in [2.75, 3.05) is 19.8 Å². The average Bonchev–Trinajstić information content (AvgIpc) is 2.17. The van der Waals surface area contributed by atoms with Gasteiger partial charge in [-0.25, -0.2) is 0 Å². The van der Waals surface area contributed by atoms with Crippen LogP contribution in [0, 0.1) is 5.41 Å². The SMILES string of the molecule is NCC1(C(N)c2cccc(Br)c2)COC1. The van der Waals surface area contributed by atoms with Gasteiger partial charge in [-0.3, -0.25) is 0 Å². The molecule has 1 unspecified atom stereocenters. The Balaban J connectivity index is 2.23. The first kappa shape index (κ1) is 11.1. The number of nitrogens with two attached hydrogens (primary N) is 2. The van der Waals surface area contributed by atoms with Crippen LogP contribution < -0.4 is 11.5 Å². The van der Waals surface area contributed by atoms with Crippen LogP contribution in [-0.4, -0.2) is 19.8 Å². The minimum Gasteiger partial charge on any atom is -0.380 e. The van der Waals surface area contributed by atoms with Crippen molar-refractivity contribution in [2.24, 2.45) is 16.9 Å². The Bertz CT molecular complexity index is 347. The molecule has 3 nitrogen and oxygen atoms in total. The van der Waals surface area contributed by atoms with Gasteiger partial charge in [0.15, 0.2) is 0 Å². The average molecular weight is 271 g/mol. The van der Waals surface area contributed by atoms with E-state index >= 15 is 0 Å². The van der Waals surface area contributed by atoms with Crippen LogP contribution in [0.3, 0.4) is 0 Å². The molecule has 1 heterocycles. The summed E-state index contributed by atoms with van der Waals surface area (Å²) in [5, 5.41) is 0. The van der Waals surface area contributed by atoms with Crippen LogP contribution in [0.5, 0.6) is 0 Å². The normalized spacial score (nSPS) is 20.7. The van der Waals surface area contributed by atoms with Crippen LogP contribution in [0.25, 0.3) is 0 Å². The lowest BCUT2D eigenvalue weighted by Gasteiger charge is -2.45. The van der Waals surface area contributed by atoms with Gasteiger partial charge in [0, 0.05) is 22.5 Å². The fourth-order valence-corrected chi connectivity index (χ4v) is 2.26. The second-order valence-corrected chi connectivity index (χ2v) is 5.01. The van der Waals surface area contributed by atoms with E-state index in [1.165, 1.54) is 0 Å². The van der Waals surface area contributed by atoms with Gasteiger partial charge in [-0.15, -0.1) is 0 Å². The van der Waals surface area contributed by atoms with E-state index < -0.39 is 0 Å². The molecule has 0 saturated carbocycles. The van der Waals surface area contributed by atoms with Gasteiger partial charge in [0.2, 0.25) is 0 Å². The van der Waals surface area contributed by atoms with Crippen LogP contribution in [0.1, 0.15) is 11.6 Å². The molecule has 1 atom stereocenters. The minimum absolute atomic E-state index is 0.0475. The summed E-state index contributed by atoms with van der Waals surface area (Å²) in [6.45, 7) is 1.90. The summed E-state index contributed by atoms with van der Waals surface area (Å²) in [6.07, 6.45) is 0. The third kappa shape index (κ3) is 1.95. The zero-order valence-electron chi connectivity index (χ0n) is 8.45. The Morgan fingerprint density at radius 3 is 2.67 bits per heavy atom. The molecule has 1 fully saturated rings. The first-order valence-corrected chi connectivity index (χ1v) is 5.76. The third-order valence-electron chi connectivity index (χ3n) is 3.05. The predicted molar refractivity (Wildman–Crippen MR) is 63.4 cm³/mol. The summed E-state index contributed by atoms with van der Waals surface area (Å²) >= 11 is 3.44. The van der Waals surface area contributed by atoms with E-state index in [0.717, 1.165) is 10.0 Å². The highest BCUT2D eigenvalue weighted by Gasteiger charge is 2.43. The zero-order chi connectivity index (χ0) is 10.9. The Morgan fingerprint density at radius 2 is 2.20 bits per heavy atom. The number of benzene rings is 1. The van der Waals surface area contributed by atoms with Crippen molar-refractivity contribution in [3.63, 3.8) is 0 Å². The van der Waals surface area contributed by atoms with Crippen molar-refractivity contribution in [2.45, 2.75) is 6.04 Å². The van der Waals surface area contributed by atoms with Gasteiger partial charge in [0.05, 0.1) is 13.2 Å². The molecule has 0 spiro atoms. The van der Waals surface area contributed by atoms with E-state index in [-0.39, 0.29) is 11.5 Å². The summed E-state index contributed by atoms with van der Waals surface area (Å²) in [5.41, 5.74) is 13.0. The van der Waals surface area contributed by atoms with E-state index in [0.29, 0.717) is 19.8 Å². The Kier molecular flexibility index (Phi) is 3.11. The van der Waals surface area contributed by atoms with Crippen molar-refractivity contribution in [3.8, 4) is 0 Å². The highest BCUT2D eigenvalue weighted by atomic mass is 79.9. The quantitative estimate of drug-likeness (QED) is 0.874. The number of hydrogen-bond donors (Lipinski definition) is 2. The Hall–Kier alpha value is -0.420. The summed E-state index contributed by atoms with van der Waals surface area (Å²) in [5.74, 6) is 0. The largest absolute Gasteiger partial charge is 0.380 e. The van der Waals surface area contributed by atoms with Crippen molar-refractivity contribution in [1.29, 1.82) is 0 Å². The Morgan fingerprint density at radius 1 is 1.47 bits per heavy atom. The standard InChI is InChI=1S/C11H15BrN2O/c12-9-3-1-2-8(4-9)10(14)11(5-13)6-15-7-11/h1-4,10H,5-7,13-14H2. The highest BCUT2D eigenvalue weighted by molar-refractivity contribution is 9.10. The Labute approximate surface area is 97.9 Å². The lowest BCUT2D eigenvalue weighted by molar-refractivity contribution is -0.121. The van der Waals surface area contributed by atoms with Crippen molar-refractivity contribution >= 4 is 15.9 Å². The second kappa shape index (κ2) is 4.22. The molecule has 2 rings (SSSR count). The summed E-state index contributed by atoms with van der Waals surface area (Å²) in [6, 6.07) is 8.01. The first-order chi connectivity index (χ1) is 7.18. The molecule has 4 N–H and O–H groups in total. The molecule has 1 aromatic carbocycles. The summed E-state index contributed by atoms with van der Waals surface area (Å²) in [7, 11) is 0. The summed E-state index contributed by atoms with van der Waals surface area (Å²) in [4.78, 5) is 0. The molecular formula is C11H15BrN2O. The van der Waals surface area contributed by atoms with Crippen molar-refractivity contribution in [1.82, 2.24) is 0 Å². The fraction of sp³-hybridized carbons (Fsp3) is 0.455. The monoisotopic (exact) mass is 270 g/mol. The van der Waals surface area contributed by atoms with Gasteiger partial charge in [-0.2, -0.15) is 0 Å². The second-order valence-electron chi connectivity index (χ2n) is 4.09. The molecule has 15 heavy (non-hydrogen) atoms. The van der Waals surface area contributed by atoms with E-state index in [1.54, 1.807) is 0 Å². The van der Waals surface area contributed by atoms with E-state index in [2.05, 4.69) is 15.9 Å². The first-order valence-electron chi connectivity index (χ1n) is 4.97. The van der Waals surface area contributed by atoms with E-state index in [9.17, 15) is 0 Å². The molecule has 82 valence electrons. The van der Waals surface area contributed by atoms with Crippen LogP contribution in [0.2, 0.25) is 0 Å². The van der Waals surface area contributed by atoms with Crippen molar-refractivity contribution in [3.05, 3.63) is 34.3 Å². The molecule has 0 radical (unpaired) electrons. The van der Waals surface area contributed by atoms with E-state index in [4.69, 9.17) is 16.2 Å². The van der Waals surface area contributed by atoms with Gasteiger partial charge in [-0.1, -0.05) is 28.1 Å². The van der Waals surface area contributed by atoms with Gasteiger partial charge in [0.1, 0.15) is 0 Å². The smallest absolute Gasteiger partial charge is 0.0575 e. The predicted octanol–water partition coefficient (Wildman–Crippen LogP) is 1.42. The topological polar surface area (TPSA) is 61.3 Å². The molecular weight excluding hydrogens is 256 g/mol. The van der Waals surface area contributed by atoms with Crippen LogP contribution in [0.15, 0.2) is 28.7 Å². The van der Waals surface area contributed by atoms with Crippen molar-refractivity contribution < 1.29 is 4.74 Å². The molecule has 0 bridgehead atoms. The zero-order valence-corrected chi connectivity index (χ0v) is 10.0. The maximum absolute atomic E-state index is 6.23. The molecule has 0 aromatic heterocycles. The van der Waals surface area contributed by atoms with Gasteiger partial charge < -0.3 is 16.2 Å². The lowest BCUT2D eigenvalue weighted by Crippen LogP contribution is -2.54. The summed E-state index contributed by atoms with van der Waals surface area (Å²) < 4.78 is 6.27. The molecule has 1 aromatic rings. The highest BCUT2D eigenvalue weighted by Crippen LogP contribution is 2.38. The van der Waals surface area contributed by atoms with E-state index in [1.807, 2.05) is 24.3 Å². The lowest BCUT2D eigenvalue weighted by atomic mass is 9.76. The molecule has 0 amide bonds. The number of hydrogen-bond acceptors (Lipinski definition) is 3. The van der Waals surface area contributed by atoms with Gasteiger partial charge in [-0.05, 0) is 17.7 Å². The maximum Gasteiger partial charge on any atom is 0.0575 e. The van der Waals surface area contributed by atoms with Gasteiger partial charge >= 0.3 is 0 Å². The maximum atomic E-state index is 6.23. The molecule has 1 aliphatic rings. The molecule has 1 aliphatic heterocycles. The fourth-order valence-electron chi connectivity index (χ4n) is 1.84. The minimum atomic E-state index is -0.0687. The number of ether oxygens (including phenoxy) is 1. The number of halogens is 1. The van der Waals surface area contributed by atoms with Crippen LogP contribution >= 0.6 is 15.9 Å². The number of rotatable bonds is 3. The van der Waals surface area contributed by atoms with Gasteiger partial charge in [0.25, 0.3) is 0 Å². The molecule has 1 saturated heterocycles.